The molecule has 4 heteroatoms. The van der Waals surface area contributed by atoms with Crippen molar-refractivity contribution in [3.8, 4) is 5.88 Å². The number of nitrogens with one attached hydrogen (secondary N) is 1. The van der Waals surface area contributed by atoms with E-state index in [1.165, 1.54) is 11.1 Å². The fraction of sp³-hybridized carbons (Fsp3) is 0.286. The third kappa shape index (κ3) is 3.20. The lowest BCUT2D eigenvalue weighted by Crippen LogP contribution is -2.04. The number of methoxy groups -OCH3 is 1. The van der Waals surface area contributed by atoms with Crippen molar-refractivity contribution in [3.05, 3.63) is 47.3 Å². The highest BCUT2D eigenvalue weighted by Gasteiger charge is 2.01. The maximum absolute atomic E-state index is 5.11. The number of nitrogens with zero attached hydrogens (tertiary/aromatic N) is 2. The van der Waals surface area contributed by atoms with Gasteiger partial charge in [0.1, 0.15) is 11.6 Å². The van der Waals surface area contributed by atoms with Crippen LogP contribution in [-0.2, 0) is 6.54 Å². The molecule has 0 amide bonds. The van der Waals surface area contributed by atoms with Crippen LogP contribution in [0.1, 0.15) is 17.0 Å². The van der Waals surface area contributed by atoms with Crippen LogP contribution in [0.2, 0.25) is 0 Å². The molecule has 1 heterocycles. The van der Waals surface area contributed by atoms with Gasteiger partial charge in [-0.3, -0.25) is 0 Å². The molecule has 0 atom stereocenters. The van der Waals surface area contributed by atoms with Gasteiger partial charge in [0, 0.05) is 12.6 Å². The molecule has 0 aliphatic heterocycles. The zero-order valence-corrected chi connectivity index (χ0v) is 10.9. The van der Waals surface area contributed by atoms with E-state index in [1.54, 1.807) is 13.2 Å². The molecule has 94 valence electrons. The predicted octanol–water partition coefficient (Wildman–Crippen LogP) is 2.71. The Morgan fingerprint density at radius 1 is 1.11 bits per heavy atom. The minimum atomic E-state index is 0.578. The van der Waals surface area contributed by atoms with Crippen molar-refractivity contribution in [1.82, 2.24) is 9.97 Å². The average Bonchev–Trinajstić information content (AvgIpc) is 2.37. The molecular formula is C14H17N3O. The molecule has 1 N–H and O–H groups in total. The summed E-state index contributed by atoms with van der Waals surface area (Å²) in [5.74, 6) is 2.05. The van der Waals surface area contributed by atoms with Crippen LogP contribution in [0.5, 0.6) is 5.88 Å². The first-order valence-corrected chi connectivity index (χ1v) is 5.86. The van der Waals surface area contributed by atoms with Crippen molar-refractivity contribution in [2.45, 2.75) is 20.4 Å². The van der Waals surface area contributed by atoms with Gasteiger partial charge in [0.05, 0.1) is 7.11 Å². The normalized spacial score (nSPS) is 10.2. The number of hydrogen-bond acceptors (Lipinski definition) is 4. The molecule has 0 radical (unpaired) electrons. The van der Waals surface area contributed by atoms with Crippen molar-refractivity contribution in [2.24, 2.45) is 0 Å². The summed E-state index contributed by atoms with van der Waals surface area (Å²) in [5, 5.41) is 3.26. The Morgan fingerprint density at radius 3 is 2.50 bits per heavy atom. The van der Waals surface area contributed by atoms with Gasteiger partial charge in [-0.2, -0.15) is 4.98 Å². The number of anilines is 1. The molecule has 0 saturated heterocycles. The van der Waals surface area contributed by atoms with Crippen LogP contribution in [0, 0.1) is 13.8 Å². The lowest BCUT2D eigenvalue weighted by atomic mass is 10.1. The number of benzene rings is 1. The van der Waals surface area contributed by atoms with Crippen LogP contribution in [0.4, 0.5) is 5.82 Å². The fourth-order valence-corrected chi connectivity index (χ4v) is 1.63. The minimum Gasteiger partial charge on any atom is -0.481 e. The molecule has 1 aromatic carbocycles. The van der Waals surface area contributed by atoms with E-state index in [-0.39, 0.29) is 0 Å². The minimum absolute atomic E-state index is 0.578. The quantitative estimate of drug-likeness (QED) is 0.897. The van der Waals surface area contributed by atoms with Gasteiger partial charge in [0.2, 0.25) is 5.88 Å². The number of aryl methyl sites for hydroxylation is 2. The molecule has 0 unspecified atom stereocenters. The second-order valence-electron chi connectivity index (χ2n) is 4.18. The van der Waals surface area contributed by atoms with Crippen molar-refractivity contribution in [2.75, 3.05) is 12.4 Å². The molecule has 2 rings (SSSR count). The van der Waals surface area contributed by atoms with Crippen molar-refractivity contribution >= 4 is 5.82 Å². The number of hydrogen-bond donors (Lipinski definition) is 1. The summed E-state index contributed by atoms with van der Waals surface area (Å²) in [4.78, 5) is 8.46. The standard InChI is InChI=1S/C14H17N3O/c1-10-4-6-12(7-5-10)9-15-13-8-14(18-3)17-11(2)16-13/h4-8H,9H2,1-3H3,(H,15,16,17). The van der Waals surface area contributed by atoms with Gasteiger partial charge in [-0.05, 0) is 19.4 Å². The molecule has 0 spiro atoms. The van der Waals surface area contributed by atoms with Gasteiger partial charge in [0.15, 0.2) is 0 Å². The summed E-state index contributed by atoms with van der Waals surface area (Å²) in [6.07, 6.45) is 0. The lowest BCUT2D eigenvalue weighted by Gasteiger charge is -2.08. The number of ether oxygens (including phenoxy) is 1. The molecule has 0 bridgehead atoms. The molecule has 0 fully saturated rings. The highest BCUT2D eigenvalue weighted by molar-refractivity contribution is 5.39. The molecule has 4 nitrogen and oxygen atoms in total. The zero-order valence-electron chi connectivity index (χ0n) is 10.9. The van der Waals surface area contributed by atoms with Gasteiger partial charge >= 0.3 is 0 Å². The summed E-state index contributed by atoms with van der Waals surface area (Å²) in [7, 11) is 1.60. The van der Waals surface area contributed by atoms with Crippen LogP contribution >= 0.6 is 0 Å². The van der Waals surface area contributed by atoms with E-state index in [4.69, 9.17) is 4.74 Å². The first-order chi connectivity index (χ1) is 8.67. The summed E-state index contributed by atoms with van der Waals surface area (Å²) < 4.78 is 5.11. The van der Waals surface area contributed by atoms with Gasteiger partial charge in [0.25, 0.3) is 0 Å². The highest BCUT2D eigenvalue weighted by Crippen LogP contribution is 2.14. The molecule has 0 aliphatic carbocycles. The topological polar surface area (TPSA) is 47.0 Å². The molecule has 18 heavy (non-hydrogen) atoms. The van der Waals surface area contributed by atoms with Crippen molar-refractivity contribution in [3.63, 3.8) is 0 Å². The average molecular weight is 243 g/mol. The van der Waals surface area contributed by atoms with Crippen molar-refractivity contribution in [1.29, 1.82) is 0 Å². The van der Waals surface area contributed by atoms with Crippen LogP contribution in [0.25, 0.3) is 0 Å². The lowest BCUT2D eigenvalue weighted by molar-refractivity contribution is 0.396. The summed E-state index contributed by atoms with van der Waals surface area (Å²) in [6, 6.07) is 10.2. The van der Waals surface area contributed by atoms with E-state index < -0.39 is 0 Å². The summed E-state index contributed by atoms with van der Waals surface area (Å²) in [5.41, 5.74) is 2.48. The third-order valence-corrected chi connectivity index (χ3v) is 2.62. The molecule has 0 saturated carbocycles. The van der Waals surface area contributed by atoms with Gasteiger partial charge in [-0.25, -0.2) is 4.98 Å². The zero-order chi connectivity index (χ0) is 13.0. The van der Waals surface area contributed by atoms with Crippen molar-refractivity contribution < 1.29 is 4.74 Å². The largest absolute Gasteiger partial charge is 0.481 e. The maximum atomic E-state index is 5.11. The Morgan fingerprint density at radius 2 is 1.83 bits per heavy atom. The van der Waals surface area contributed by atoms with Crippen LogP contribution < -0.4 is 10.1 Å². The number of rotatable bonds is 4. The first kappa shape index (κ1) is 12.4. The molecular weight excluding hydrogens is 226 g/mol. The highest BCUT2D eigenvalue weighted by atomic mass is 16.5. The Kier molecular flexibility index (Phi) is 3.77. The third-order valence-electron chi connectivity index (χ3n) is 2.62. The Hall–Kier alpha value is -2.10. The van der Waals surface area contributed by atoms with Crippen LogP contribution in [-0.4, -0.2) is 17.1 Å². The van der Waals surface area contributed by atoms with Gasteiger partial charge < -0.3 is 10.1 Å². The van der Waals surface area contributed by atoms with E-state index in [0.717, 1.165) is 12.4 Å². The van der Waals surface area contributed by atoms with E-state index >= 15 is 0 Å². The smallest absolute Gasteiger partial charge is 0.218 e. The van der Waals surface area contributed by atoms with E-state index in [1.807, 2.05) is 6.92 Å². The van der Waals surface area contributed by atoms with E-state index in [0.29, 0.717) is 11.7 Å². The number of aromatic nitrogens is 2. The van der Waals surface area contributed by atoms with E-state index in [2.05, 4.69) is 46.5 Å². The monoisotopic (exact) mass is 243 g/mol. The second kappa shape index (κ2) is 5.49. The summed E-state index contributed by atoms with van der Waals surface area (Å²) in [6.45, 7) is 4.66. The molecule has 2 aromatic rings. The Bertz CT molecular complexity index is 523. The fourth-order valence-electron chi connectivity index (χ4n) is 1.63. The van der Waals surface area contributed by atoms with E-state index in [9.17, 15) is 0 Å². The Balaban J connectivity index is 2.05. The Labute approximate surface area is 107 Å². The van der Waals surface area contributed by atoms with Crippen LogP contribution in [0.15, 0.2) is 30.3 Å². The molecule has 0 aliphatic rings. The molecule has 1 aromatic heterocycles. The summed E-state index contributed by atoms with van der Waals surface area (Å²) >= 11 is 0. The maximum Gasteiger partial charge on any atom is 0.218 e. The van der Waals surface area contributed by atoms with Crippen LogP contribution in [0.3, 0.4) is 0 Å². The van der Waals surface area contributed by atoms with Gasteiger partial charge in [-0.15, -0.1) is 0 Å². The predicted molar refractivity (Wildman–Crippen MR) is 71.8 cm³/mol. The SMILES string of the molecule is COc1cc(NCc2ccc(C)cc2)nc(C)n1. The first-order valence-electron chi connectivity index (χ1n) is 5.86. The second-order valence-corrected chi connectivity index (χ2v) is 4.18. The van der Waals surface area contributed by atoms with Gasteiger partial charge in [-0.1, -0.05) is 29.8 Å².